The lowest BCUT2D eigenvalue weighted by molar-refractivity contribution is -0.146. The normalized spacial score (nSPS) is 11.8. The van der Waals surface area contributed by atoms with Gasteiger partial charge >= 0.3 is 5.97 Å². The zero-order valence-corrected chi connectivity index (χ0v) is 13.6. The first kappa shape index (κ1) is 18.0. The Morgan fingerprint density at radius 2 is 2.12 bits per heavy atom. The van der Waals surface area contributed by atoms with E-state index in [4.69, 9.17) is 9.15 Å². The first-order chi connectivity index (χ1) is 11.5. The van der Waals surface area contributed by atoms with Gasteiger partial charge < -0.3 is 14.5 Å². The van der Waals surface area contributed by atoms with Crippen LogP contribution in [0.1, 0.15) is 18.7 Å². The van der Waals surface area contributed by atoms with Crippen molar-refractivity contribution in [2.75, 3.05) is 12.4 Å². The average molecular weight is 355 g/mol. The van der Waals surface area contributed by atoms with Crippen molar-refractivity contribution in [3.05, 3.63) is 54.0 Å². The minimum Gasteiger partial charge on any atom is -0.467 e. The number of carbonyl (C=O) groups excluding carboxylic acids is 2. The van der Waals surface area contributed by atoms with Crippen molar-refractivity contribution in [3.8, 4) is 0 Å². The molecule has 1 atom stereocenters. The molecule has 24 heavy (non-hydrogen) atoms. The number of carbonyl (C=O) groups is 2. The zero-order chi connectivity index (χ0) is 17.5. The molecule has 0 saturated carbocycles. The number of nitrogens with one attached hydrogen (secondary N) is 1. The number of halogens is 2. The lowest BCUT2D eigenvalue weighted by Gasteiger charge is -2.11. The molecule has 0 aliphatic heterocycles. The lowest BCUT2D eigenvalue weighted by Crippen LogP contribution is -2.31. The third kappa shape index (κ3) is 5.38. The van der Waals surface area contributed by atoms with Crippen LogP contribution in [-0.4, -0.2) is 24.2 Å². The van der Waals surface area contributed by atoms with Gasteiger partial charge in [0.05, 0.1) is 18.1 Å². The highest BCUT2D eigenvalue weighted by Crippen LogP contribution is 2.22. The van der Waals surface area contributed by atoms with E-state index in [-0.39, 0.29) is 16.7 Å². The quantitative estimate of drug-likeness (QED) is 0.611. The van der Waals surface area contributed by atoms with Crippen LogP contribution in [-0.2, 0) is 14.3 Å². The van der Waals surface area contributed by atoms with Gasteiger partial charge in [-0.1, -0.05) is 0 Å². The predicted molar refractivity (Wildman–Crippen MR) is 83.3 cm³/mol. The Kier molecular flexibility index (Phi) is 6.36. The molecular weight excluding hydrogens is 340 g/mol. The Bertz CT molecular complexity index is 706. The standard InChI is InChI=1S/C16H15F2NO4S/c1-10(13-3-2-6-22-13)19-15(20)8-23-16(21)9-24-14-7-11(17)4-5-12(14)18/h2-7,10H,8-9H2,1H3,(H,19,20)/t10-/m1/s1. The highest BCUT2D eigenvalue weighted by atomic mass is 32.2. The molecule has 1 aromatic carbocycles. The molecule has 2 rings (SSSR count). The van der Waals surface area contributed by atoms with Crippen LogP contribution in [0.4, 0.5) is 8.78 Å². The molecule has 5 nitrogen and oxygen atoms in total. The van der Waals surface area contributed by atoms with Gasteiger partial charge in [-0.05, 0) is 37.3 Å². The molecule has 1 N–H and O–H groups in total. The maximum absolute atomic E-state index is 13.4. The summed E-state index contributed by atoms with van der Waals surface area (Å²) in [7, 11) is 0. The number of amides is 1. The van der Waals surface area contributed by atoms with Gasteiger partial charge in [-0.15, -0.1) is 11.8 Å². The van der Waals surface area contributed by atoms with Crippen LogP contribution in [0, 0.1) is 11.6 Å². The number of benzene rings is 1. The second kappa shape index (κ2) is 8.49. The lowest BCUT2D eigenvalue weighted by atomic mass is 10.2. The van der Waals surface area contributed by atoms with Gasteiger partial charge in [0.1, 0.15) is 17.4 Å². The predicted octanol–water partition coefficient (Wildman–Crippen LogP) is 3.07. The van der Waals surface area contributed by atoms with Crippen LogP contribution in [0.25, 0.3) is 0 Å². The molecule has 1 heterocycles. The molecule has 1 amide bonds. The second-order valence-electron chi connectivity index (χ2n) is 4.83. The van der Waals surface area contributed by atoms with Crippen LogP contribution in [0.2, 0.25) is 0 Å². The van der Waals surface area contributed by atoms with Gasteiger partial charge in [0.25, 0.3) is 5.91 Å². The largest absolute Gasteiger partial charge is 0.467 e. The summed E-state index contributed by atoms with van der Waals surface area (Å²) in [6.45, 7) is 1.26. The summed E-state index contributed by atoms with van der Waals surface area (Å²) >= 11 is 0.797. The summed E-state index contributed by atoms with van der Waals surface area (Å²) in [5.74, 6) is -2.08. The molecule has 2 aromatic rings. The SMILES string of the molecule is C[C@@H](NC(=O)COC(=O)CSc1cc(F)ccc1F)c1ccco1. The van der Waals surface area contributed by atoms with E-state index in [1.54, 1.807) is 19.1 Å². The summed E-state index contributed by atoms with van der Waals surface area (Å²) in [4.78, 5) is 23.3. The van der Waals surface area contributed by atoms with Crippen LogP contribution in [0.3, 0.4) is 0 Å². The van der Waals surface area contributed by atoms with Crippen LogP contribution >= 0.6 is 11.8 Å². The van der Waals surface area contributed by atoms with E-state index in [1.165, 1.54) is 6.26 Å². The van der Waals surface area contributed by atoms with E-state index in [2.05, 4.69) is 5.32 Å². The van der Waals surface area contributed by atoms with Gasteiger partial charge in [-0.3, -0.25) is 9.59 Å². The Hall–Kier alpha value is -2.35. The molecule has 0 spiro atoms. The minimum absolute atomic E-state index is 0.00263. The maximum Gasteiger partial charge on any atom is 0.316 e. The number of furan rings is 1. The van der Waals surface area contributed by atoms with Crippen LogP contribution in [0.5, 0.6) is 0 Å². The smallest absolute Gasteiger partial charge is 0.316 e. The van der Waals surface area contributed by atoms with Crippen molar-refractivity contribution in [3.63, 3.8) is 0 Å². The van der Waals surface area contributed by atoms with Gasteiger partial charge in [0.15, 0.2) is 6.61 Å². The molecule has 128 valence electrons. The fourth-order valence-corrected chi connectivity index (χ4v) is 2.56. The van der Waals surface area contributed by atoms with Crippen molar-refractivity contribution in [1.29, 1.82) is 0 Å². The van der Waals surface area contributed by atoms with Crippen molar-refractivity contribution in [1.82, 2.24) is 5.32 Å². The van der Waals surface area contributed by atoms with Gasteiger partial charge in [-0.2, -0.15) is 0 Å². The molecule has 0 unspecified atom stereocenters. The fraction of sp³-hybridized carbons (Fsp3) is 0.250. The molecular formula is C16H15F2NO4S. The summed E-state index contributed by atoms with van der Waals surface area (Å²) in [5.41, 5.74) is 0. The average Bonchev–Trinajstić information content (AvgIpc) is 3.08. The molecule has 0 saturated heterocycles. The molecule has 0 aliphatic rings. The van der Waals surface area contributed by atoms with E-state index in [0.29, 0.717) is 5.76 Å². The Morgan fingerprint density at radius 1 is 1.33 bits per heavy atom. The summed E-state index contributed by atoms with van der Waals surface area (Å²) in [5, 5.41) is 2.60. The van der Waals surface area contributed by atoms with Gasteiger partial charge in [0.2, 0.25) is 0 Å². The number of esters is 1. The Morgan fingerprint density at radius 3 is 2.83 bits per heavy atom. The van der Waals surface area contributed by atoms with E-state index in [9.17, 15) is 18.4 Å². The first-order valence-corrected chi connectivity index (χ1v) is 8.00. The highest BCUT2D eigenvalue weighted by Gasteiger charge is 2.14. The van der Waals surface area contributed by atoms with E-state index in [1.807, 2.05) is 0 Å². The molecule has 0 radical (unpaired) electrons. The Labute approximate surface area is 141 Å². The third-order valence-corrected chi connectivity index (χ3v) is 3.95. The first-order valence-electron chi connectivity index (χ1n) is 7.02. The Balaban J connectivity index is 1.72. The van der Waals surface area contributed by atoms with Crippen molar-refractivity contribution in [2.24, 2.45) is 0 Å². The van der Waals surface area contributed by atoms with Gasteiger partial charge in [0, 0.05) is 4.90 Å². The number of thioether (sulfide) groups is 1. The topological polar surface area (TPSA) is 68.5 Å². The van der Waals surface area contributed by atoms with E-state index < -0.39 is 30.1 Å². The fourth-order valence-electron chi connectivity index (χ4n) is 1.80. The molecule has 1 aromatic heterocycles. The molecule has 0 aliphatic carbocycles. The van der Waals surface area contributed by atoms with Crippen molar-refractivity contribution in [2.45, 2.75) is 17.9 Å². The van der Waals surface area contributed by atoms with Gasteiger partial charge in [-0.25, -0.2) is 8.78 Å². The molecule has 8 heteroatoms. The number of rotatable bonds is 7. The third-order valence-electron chi connectivity index (χ3n) is 2.95. The summed E-state index contributed by atoms with van der Waals surface area (Å²) in [6.07, 6.45) is 1.49. The molecule has 0 fully saturated rings. The summed E-state index contributed by atoms with van der Waals surface area (Å²) < 4.78 is 36.3. The van der Waals surface area contributed by atoms with E-state index >= 15 is 0 Å². The second-order valence-corrected chi connectivity index (χ2v) is 5.85. The van der Waals surface area contributed by atoms with Crippen molar-refractivity contribution < 1.29 is 27.5 Å². The minimum atomic E-state index is -0.704. The van der Waals surface area contributed by atoms with E-state index in [0.717, 1.165) is 30.0 Å². The maximum atomic E-state index is 13.4. The summed E-state index contributed by atoms with van der Waals surface area (Å²) in [6, 6.07) is 6.00. The zero-order valence-electron chi connectivity index (χ0n) is 12.8. The molecule has 0 bridgehead atoms. The van der Waals surface area contributed by atoms with Crippen LogP contribution in [0.15, 0.2) is 45.9 Å². The monoisotopic (exact) mass is 355 g/mol. The number of hydrogen-bond acceptors (Lipinski definition) is 5. The number of hydrogen-bond donors (Lipinski definition) is 1. The van der Waals surface area contributed by atoms with Crippen LogP contribution < -0.4 is 5.32 Å². The van der Waals surface area contributed by atoms with Crippen molar-refractivity contribution >= 4 is 23.6 Å². The highest BCUT2D eigenvalue weighted by molar-refractivity contribution is 8.00. The number of ether oxygens (including phenoxy) is 1.